The summed E-state index contributed by atoms with van der Waals surface area (Å²) in [5.41, 5.74) is 1.06. The molecule has 176 valence electrons. The minimum atomic E-state index is -3.61. The molecule has 0 saturated carbocycles. The average Bonchev–Trinajstić information content (AvgIpc) is 3.19. The quantitative estimate of drug-likeness (QED) is 0.430. The van der Waals surface area contributed by atoms with Gasteiger partial charge in [-0.3, -0.25) is 4.79 Å². The number of methoxy groups -OCH3 is 1. The Morgan fingerprint density at radius 1 is 1.03 bits per heavy atom. The van der Waals surface area contributed by atoms with Crippen LogP contribution < -0.4 is 9.54 Å². The molecule has 0 radical (unpaired) electrons. The maximum atomic E-state index is 13.0. The number of benzene rings is 3. The first-order valence-electron chi connectivity index (χ1n) is 11.1. The molecule has 2 heterocycles. The van der Waals surface area contributed by atoms with Crippen molar-refractivity contribution in [1.29, 1.82) is 0 Å². The van der Waals surface area contributed by atoms with Crippen LogP contribution in [0, 0.1) is 5.92 Å². The molecular formula is C25H25N3O4S2. The maximum absolute atomic E-state index is 13.0. The lowest BCUT2D eigenvalue weighted by Crippen LogP contribution is -2.40. The number of hydrogen-bond donors (Lipinski definition) is 0. The lowest BCUT2D eigenvalue weighted by Gasteiger charge is -2.29. The minimum absolute atomic E-state index is 0.187. The van der Waals surface area contributed by atoms with E-state index in [2.05, 4.69) is 29.3 Å². The van der Waals surface area contributed by atoms with Crippen LogP contribution in [0.2, 0.25) is 0 Å². The molecule has 1 aliphatic rings. The molecule has 1 saturated heterocycles. The van der Waals surface area contributed by atoms with Crippen molar-refractivity contribution in [2.75, 3.05) is 20.2 Å². The summed E-state index contributed by atoms with van der Waals surface area (Å²) in [6, 6.07) is 18.7. The fourth-order valence-electron chi connectivity index (χ4n) is 4.45. The number of nitrogens with zero attached hydrogens (tertiary/aromatic N) is 3. The third-order valence-corrected chi connectivity index (χ3v) is 9.40. The molecule has 4 aromatic rings. The number of aryl methyl sites for hydroxylation is 1. The Kier molecular flexibility index (Phi) is 6.01. The van der Waals surface area contributed by atoms with Gasteiger partial charge in [0.05, 0.1) is 22.2 Å². The topological polar surface area (TPSA) is 81.0 Å². The van der Waals surface area contributed by atoms with Crippen LogP contribution in [-0.2, 0) is 21.9 Å². The molecule has 0 N–H and O–H groups in total. The zero-order valence-corrected chi connectivity index (χ0v) is 20.6. The van der Waals surface area contributed by atoms with E-state index in [9.17, 15) is 13.2 Å². The molecule has 0 aliphatic carbocycles. The first-order chi connectivity index (χ1) is 16.4. The molecule has 1 fully saturated rings. The molecule has 0 spiro atoms. The summed E-state index contributed by atoms with van der Waals surface area (Å²) < 4.78 is 35.6. The van der Waals surface area contributed by atoms with Gasteiger partial charge in [-0.25, -0.2) is 8.42 Å². The van der Waals surface area contributed by atoms with Crippen LogP contribution >= 0.6 is 11.3 Å². The first-order valence-corrected chi connectivity index (χ1v) is 13.3. The van der Waals surface area contributed by atoms with E-state index < -0.39 is 10.0 Å². The molecule has 5 rings (SSSR count). The van der Waals surface area contributed by atoms with Gasteiger partial charge in [0.1, 0.15) is 5.75 Å². The molecule has 1 aliphatic heterocycles. The monoisotopic (exact) mass is 495 g/mol. The van der Waals surface area contributed by atoms with Crippen LogP contribution in [-0.4, -0.2) is 43.4 Å². The van der Waals surface area contributed by atoms with Gasteiger partial charge in [0, 0.05) is 31.4 Å². The fourth-order valence-corrected chi connectivity index (χ4v) is 6.96. The predicted molar refractivity (Wildman–Crippen MR) is 133 cm³/mol. The van der Waals surface area contributed by atoms with Gasteiger partial charge in [-0.05, 0) is 48.6 Å². The predicted octanol–water partition coefficient (Wildman–Crippen LogP) is 3.93. The number of ether oxygens (including phenoxy) is 1. The van der Waals surface area contributed by atoms with Crippen LogP contribution in [0.15, 0.2) is 70.6 Å². The summed E-state index contributed by atoms with van der Waals surface area (Å²) >= 11 is 1.50. The minimum Gasteiger partial charge on any atom is -0.497 e. The van der Waals surface area contributed by atoms with Crippen molar-refractivity contribution in [2.24, 2.45) is 18.0 Å². The van der Waals surface area contributed by atoms with E-state index in [1.165, 1.54) is 22.8 Å². The van der Waals surface area contributed by atoms with E-state index in [-0.39, 0.29) is 16.7 Å². The fraction of sp³-hybridized carbons (Fsp3) is 0.280. The van der Waals surface area contributed by atoms with Gasteiger partial charge in [-0.2, -0.15) is 9.30 Å². The number of sulfonamides is 1. The number of rotatable bonds is 4. The second-order valence-electron chi connectivity index (χ2n) is 8.38. The molecule has 3 aromatic carbocycles. The second kappa shape index (κ2) is 8.98. The van der Waals surface area contributed by atoms with E-state index in [0.29, 0.717) is 36.5 Å². The van der Waals surface area contributed by atoms with Gasteiger partial charge >= 0.3 is 0 Å². The molecule has 34 heavy (non-hydrogen) atoms. The van der Waals surface area contributed by atoms with Crippen LogP contribution in [0.4, 0.5) is 0 Å². The third-order valence-electron chi connectivity index (χ3n) is 6.39. The van der Waals surface area contributed by atoms with Crippen molar-refractivity contribution in [3.05, 3.63) is 65.5 Å². The van der Waals surface area contributed by atoms with Crippen LogP contribution in [0.1, 0.15) is 12.8 Å². The average molecular weight is 496 g/mol. The number of amides is 1. The number of carbonyl (C=O) groups is 1. The molecule has 9 heteroatoms. The van der Waals surface area contributed by atoms with E-state index in [1.54, 1.807) is 24.3 Å². The van der Waals surface area contributed by atoms with Crippen molar-refractivity contribution >= 4 is 48.3 Å². The van der Waals surface area contributed by atoms with E-state index in [1.807, 2.05) is 23.7 Å². The Balaban J connectivity index is 1.35. The second-order valence-corrected chi connectivity index (χ2v) is 11.3. The number of hydrogen-bond acceptors (Lipinski definition) is 5. The lowest BCUT2D eigenvalue weighted by atomic mass is 9.98. The van der Waals surface area contributed by atoms with Crippen LogP contribution in [0.25, 0.3) is 21.0 Å². The van der Waals surface area contributed by atoms with E-state index in [4.69, 9.17) is 4.74 Å². The summed E-state index contributed by atoms with van der Waals surface area (Å²) in [6.45, 7) is 0.590. The lowest BCUT2D eigenvalue weighted by molar-refractivity contribution is -0.122. The van der Waals surface area contributed by atoms with Gasteiger partial charge in [-0.1, -0.05) is 41.7 Å². The van der Waals surface area contributed by atoms with Crippen molar-refractivity contribution in [1.82, 2.24) is 8.87 Å². The highest BCUT2D eigenvalue weighted by Gasteiger charge is 2.32. The van der Waals surface area contributed by atoms with Gasteiger partial charge in [-0.15, -0.1) is 0 Å². The summed E-state index contributed by atoms with van der Waals surface area (Å²) in [5.74, 6) is 0.129. The van der Waals surface area contributed by atoms with Crippen LogP contribution in [0.5, 0.6) is 5.75 Å². The summed E-state index contributed by atoms with van der Waals surface area (Å²) in [6.07, 6.45) is 0.907. The Labute approximate surface area is 202 Å². The molecule has 0 atom stereocenters. The molecule has 7 nitrogen and oxygen atoms in total. The molecule has 1 amide bonds. The Morgan fingerprint density at radius 2 is 1.74 bits per heavy atom. The van der Waals surface area contributed by atoms with Gasteiger partial charge < -0.3 is 9.30 Å². The van der Waals surface area contributed by atoms with Crippen molar-refractivity contribution < 1.29 is 17.9 Å². The highest BCUT2D eigenvalue weighted by Crippen LogP contribution is 2.28. The maximum Gasteiger partial charge on any atom is 0.251 e. The Hall–Kier alpha value is -3.01. The number of fused-ring (bicyclic) bond motifs is 3. The number of carbonyl (C=O) groups excluding carboxylic acids is 1. The van der Waals surface area contributed by atoms with E-state index >= 15 is 0 Å². The molecular weight excluding hydrogens is 470 g/mol. The highest BCUT2D eigenvalue weighted by atomic mass is 32.2. The number of aromatic nitrogens is 1. The van der Waals surface area contributed by atoms with Gasteiger partial charge in [0.2, 0.25) is 10.0 Å². The summed E-state index contributed by atoms with van der Waals surface area (Å²) in [4.78, 5) is 18.3. The van der Waals surface area contributed by atoms with Gasteiger partial charge in [0.15, 0.2) is 4.80 Å². The Bertz CT molecular complexity index is 1540. The Morgan fingerprint density at radius 3 is 2.44 bits per heavy atom. The molecule has 1 aromatic heterocycles. The smallest absolute Gasteiger partial charge is 0.251 e. The van der Waals surface area contributed by atoms with Crippen molar-refractivity contribution in [3.8, 4) is 5.75 Å². The highest BCUT2D eigenvalue weighted by molar-refractivity contribution is 7.89. The summed E-state index contributed by atoms with van der Waals surface area (Å²) in [5, 5.41) is 2.27. The first kappa shape index (κ1) is 22.8. The third kappa shape index (κ3) is 4.04. The van der Waals surface area contributed by atoms with E-state index in [0.717, 1.165) is 21.0 Å². The van der Waals surface area contributed by atoms with Crippen molar-refractivity contribution in [2.45, 2.75) is 17.7 Å². The zero-order valence-electron chi connectivity index (χ0n) is 19.0. The SMILES string of the molecule is COc1ccc(S(=O)(=O)N2CCC(C(=O)N=c3sc4ccc5ccccc5c4n3C)CC2)cc1. The largest absolute Gasteiger partial charge is 0.497 e. The van der Waals surface area contributed by atoms with Gasteiger partial charge in [0.25, 0.3) is 5.91 Å². The number of piperidine rings is 1. The molecule has 0 unspecified atom stereocenters. The zero-order chi connectivity index (χ0) is 23.9. The number of thiazole rings is 1. The molecule has 0 bridgehead atoms. The van der Waals surface area contributed by atoms with Crippen LogP contribution in [0.3, 0.4) is 0 Å². The van der Waals surface area contributed by atoms with Crippen molar-refractivity contribution in [3.63, 3.8) is 0 Å². The standard InChI is InChI=1S/C25H25N3O4S2/c1-27-23-21-6-4-3-5-17(21)7-12-22(23)33-25(27)26-24(29)18-13-15-28(16-14-18)34(30,31)20-10-8-19(32-2)9-11-20/h3-12,18H,13-16H2,1-2H3. The summed E-state index contributed by atoms with van der Waals surface area (Å²) in [7, 11) is -0.135. The normalized spacial score (nSPS) is 16.4.